The molecule has 64 heavy (non-hydrogen) atoms. The number of thioether (sulfide) groups is 2. The summed E-state index contributed by atoms with van der Waals surface area (Å²) in [6.07, 6.45) is 6.03. The highest BCUT2D eigenvalue weighted by atomic mass is 32.2. The van der Waals surface area contributed by atoms with E-state index >= 15 is 0 Å². The monoisotopic (exact) mass is 920 g/mol. The van der Waals surface area contributed by atoms with Crippen LogP contribution in [0.1, 0.15) is 65.5 Å². The Balaban J connectivity index is 0.000000241. The molecule has 0 amide bonds. The van der Waals surface area contributed by atoms with E-state index in [1.165, 1.54) is 31.9 Å². The van der Waals surface area contributed by atoms with Crippen LogP contribution < -0.4 is 20.7 Å². The molecule has 6 aromatic rings. The third-order valence-electron chi connectivity index (χ3n) is 11.8. The molecule has 6 rings (SSSR count). The van der Waals surface area contributed by atoms with Gasteiger partial charge in [-0.05, 0) is 78.1 Å². The van der Waals surface area contributed by atoms with Crippen molar-refractivity contribution in [3.05, 3.63) is 218 Å². The zero-order chi connectivity index (χ0) is 45.7. The van der Waals surface area contributed by atoms with Gasteiger partial charge in [-0.3, -0.25) is 0 Å². The zero-order valence-electron chi connectivity index (χ0n) is 39.3. The molecular weight excluding hydrogens is 849 g/mol. The predicted molar refractivity (Wildman–Crippen MR) is 289 cm³/mol. The lowest BCUT2D eigenvalue weighted by molar-refractivity contribution is 0.248. The molecule has 0 heterocycles. The molecule has 0 saturated heterocycles. The van der Waals surface area contributed by atoms with E-state index in [2.05, 4.69) is 237 Å². The lowest BCUT2D eigenvalue weighted by atomic mass is 10.1. The van der Waals surface area contributed by atoms with Gasteiger partial charge >= 0.3 is 0 Å². The maximum Gasteiger partial charge on any atom is 0.261 e. The Kier molecular flexibility index (Phi) is 20.3. The van der Waals surface area contributed by atoms with E-state index in [9.17, 15) is 0 Å². The molecule has 2 atom stereocenters. The first-order valence-corrected chi connectivity index (χ1v) is 29.0. The van der Waals surface area contributed by atoms with E-state index in [1.54, 1.807) is 0 Å². The van der Waals surface area contributed by atoms with Crippen molar-refractivity contribution < 1.29 is 8.85 Å². The first kappa shape index (κ1) is 50.8. The van der Waals surface area contributed by atoms with Crippen LogP contribution in [0.5, 0.6) is 0 Å². The third-order valence-corrected chi connectivity index (χ3v) is 24.3. The van der Waals surface area contributed by atoms with Crippen LogP contribution in [0.15, 0.2) is 207 Å². The molecule has 0 N–H and O–H groups in total. The van der Waals surface area contributed by atoms with Crippen molar-refractivity contribution in [2.45, 2.75) is 76.0 Å². The van der Waals surface area contributed by atoms with E-state index in [-0.39, 0.29) is 10.1 Å². The highest BCUT2D eigenvalue weighted by molar-refractivity contribution is 7.98. The van der Waals surface area contributed by atoms with Crippen LogP contribution in [-0.2, 0) is 20.4 Å². The van der Waals surface area contributed by atoms with Crippen molar-refractivity contribution in [1.29, 1.82) is 0 Å². The van der Waals surface area contributed by atoms with Gasteiger partial charge in [0.1, 0.15) is 0 Å². The smallest absolute Gasteiger partial charge is 0.261 e. The molecule has 6 heteroatoms. The van der Waals surface area contributed by atoms with Gasteiger partial charge in [-0.15, -0.1) is 13.2 Å². The summed E-state index contributed by atoms with van der Waals surface area (Å²) >= 11 is 3.98. The molecule has 336 valence electrons. The summed E-state index contributed by atoms with van der Waals surface area (Å²) in [5.74, 6) is 5.10. The molecule has 0 saturated carbocycles. The van der Waals surface area contributed by atoms with Gasteiger partial charge in [0.2, 0.25) is 0 Å². The van der Waals surface area contributed by atoms with Crippen LogP contribution in [0.3, 0.4) is 0 Å². The van der Waals surface area contributed by atoms with Gasteiger partial charge in [0.15, 0.2) is 0 Å². The standard InChI is InChI=1S/2C29H36OSSi/c2*1-5-15-26(24-31-23-25-16-9-6-10-17-25)22-30-32(29(2,3)4,27-18-11-7-12-19-27)28-20-13-8-14-21-28/h2*5-14,16-21,26H,1,15,22-24H2,2-4H3/t2*26-/m10/s1. The maximum absolute atomic E-state index is 7.16. The molecule has 0 radical (unpaired) electrons. The first-order valence-electron chi connectivity index (χ1n) is 22.9. The minimum Gasteiger partial charge on any atom is -0.407 e. The molecule has 0 aliphatic rings. The number of benzene rings is 6. The molecule has 0 aliphatic carbocycles. The molecule has 0 aliphatic heterocycles. The summed E-state index contributed by atoms with van der Waals surface area (Å²) in [5.41, 5.74) is 2.76. The quantitative estimate of drug-likeness (QED) is 0.0499. The minimum absolute atomic E-state index is 0.00557. The third kappa shape index (κ3) is 13.9. The summed E-state index contributed by atoms with van der Waals surface area (Å²) in [4.78, 5) is 0. The number of hydrogen-bond donors (Lipinski definition) is 0. The Morgan fingerprint density at radius 3 is 0.906 bits per heavy atom. The topological polar surface area (TPSA) is 18.5 Å². The van der Waals surface area contributed by atoms with Crippen molar-refractivity contribution in [2.75, 3.05) is 24.7 Å². The van der Waals surface area contributed by atoms with E-state index in [0.29, 0.717) is 11.8 Å². The summed E-state index contributed by atoms with van der Waals surface area (Å²) in [5, 5.41) is 5.37. The number of rotatable bonds is 22. The fourth-order valence-electron chi connectivity index (χ4n) is 8.68. The fraction of sp³-hybridized carbons (Fsp3) is 0.310. The van der Waals surface area contributed by atoms with E-state index in [0.717, 1.165) is 49.1 Å². The molecule has 2 nitrogen and oxygen atoms in total. The van der Waals surface area contributed by atoms with Crippen LogP contribution in [0, 0.1) is 11.8 Å². The van der Waals surface area contributed by atoms with Crippen LogP contribution >= 0.6 is 23.5 Å². The van der Waals surface area contributed by atoms with Crippen molar-refractivity contribution in [3.63, 3.8) is 0 Å². The van der Waals surface area contributed by atoms with Gasteiger partial charge in [-0.2, -0.15) is 23.5 Å². The first-order chi connectivity index (χ1) is 30.9. The Hall–Kier alpha value is -4.15. The minimum atomic E-state index is -2.49. The van der Waals surface area contributed by atoms with Crippen LogP contribution in [0.25, 0.3) is 0 Å². The Morgan fingerprint density at radius 1 is 0.422 bits per heavy atom. The van der Waals surface area contributed by atoms with E-state index < -0.39 is 16.6 Å². The molecule has 6 aromatic carbocycles. The van der Waals surface area contributed by atoms with Crippen LogP contribution in [0.2, 0.25) is 10.1 Å². The van der Waals surface area contributed by atoms with Crippen molar-refractivity contribution in [2.24, 2.45) is 11.8 Å². The Labute approximate surface area is 398 Å². The molecule has 0 aromatic heterocycles. The largest absolute Gasteiger partial charge is 0.407 e. The van der Waals surface area contributed by atoms with Crippen molar-refractivity contribution in [3.8, 4) is 0 Å². The average molecular weight is 922 g/mol. The number of allylic oxidation sites excluding steroid dienone is 2. The second kappa shape index (κ2) is 25.5. The van der Waals surface area contributed by atoms with Crippen LogP contribution in [-0.4, -0.2) is 41.4 Å². The second-order valence-electron chi connectivity index (χ2n) is 18.7. The van der Waals surface area contributed by atoms with Gasteiger partial charge < -0.3 is 8.85 Å². The predicted octanol–water partition coefficient (Wildman–Crippen LogP) is 13.4. The van der Waals surface area contributed by atoms with Crippen molar-refractivity contribution >= 4 is 60.9 Å². The van der Waals surface area contributed by atoms with Gasteiger partial charge in [0.05, 0.1) is 0 Å². The fourth-order valence-corrected chi connectivity index (χ4v) is 20.2. The molecule has 0 spiro atoms. The highest BCUT2D eigenvalue weighted by Gasteiger charge is 2.51. The Morgan fingerprint density at radius 2 is 0.672 bits per heavy atom. The van der Waals surface area contributed by atoms with E-state index in [4.69, 9.17) is 8.85 Å². The second-order valence-corrected chi connectivity index (χ2v) is 29.4. The highest BCUT2D eigenvalue weighted by Crippen LogP contribution is 2.39. The maximum atomic E-state index is 7.16. The average Bonchev–Trinajstić information content (AvgIpc) is 3.31. The lowest BCUT2D eigenvalue weighted by Crippen LogP contribution is -2.67. The van der Waals surface area contributed by atoms with Gasteiger partial charge in [0, 0.05) is 24.7 Å². The summed E-state index contributed by atoms with van der Waals surface area (Å²) in [6.45, 7) is 23.6. The SMILES string of the molecule is C=CC[C@@H](CO[Si](c1ccccc1)(c1ccccc1)C(C)(C)C)CSCc1ccccc1.C=CC[C@H](CO[Si](c1ccccc1)(c1ccccc1)C(C)(C)C)CSCc1ccccc1. The molecule has 0 bridgehead atoms. The van der Waals surface area contributed by atoms with Crippen LogP contribution in [0.4, 0.5) is 0 Å². The normalized spacial score (nSPS) is 13.0. The summed E-state index contributed by atoms with van der Waals surface area (Å²) in [7, 11) is -4.98. The summed E-state index contributed by atoms with van der Waals surface area (Å²) in [6, 6.07) is 65.0. The van der Waals surface area contributed by atoms with Gasteiger partial charge in [-0.1, -0.05) is 236 Å². The number of hydrogen-bond acceptors (Lipinski definition) is 4. The van der Waals surface area contributed by atoms with E-state index in [1.807, 2.05) is 35.7 Å². The zero-order valence-corrected chi connectivity index (χ0v) is 43.0. The Bertz CT molecular complexity index is 1950. The van der Waals surface area contributed by atoms with Gasteiger partial charge in [0.25, 0.3) is 16.6 Å². The van der Waals surface area contributed by atoms with Crippen molar-refractivity contribution in [1.82, 2.24) is 0 Å². The summed E-state index contributed by atoms with van der Waals surface area (Å²) < 4.78 is 14.3. The molecular formula is C58H72O2S2Si2. The lowest BCUT2D eigenvalue weighted by Gasteiger charge is -2.43. The van der Waals surface area contributed by atoms with Gasteiger partial charge in [-0.25, -0.2) is 0 Å². The molecule has 0 fully saturated rings. The molecule has 0 unspecified atom stereocenters.